The fourth-order valence-corrected chi connectivity index (χ4v) is 2.39. The number of anilines is 2. The maximum Gasteiger partial charge on any atom is 0.224 e. The summed E-state index contributed by atoms with van der Waals surface area (Å²) in [6.07, 6.45) is 4.64. The van der Waals surface area contributed by atoms with Crippen LogP contribution in [0.5, 0.6) is 0 Å². The third-order valence-corrected chi connectivity index (χ3v) is 3.44. The highest BCUT2D eigenvalue weighted by molar-refractivity contribution is 5.94. The van der Waals surface area contributed by atoms with Gasteiger partial charge in [0.2, 0.25) is 5.91 Å². The molecule has 1 heterocycles. The summed E-state index contributed by atoms with van der Waals surface area (Å²) >= 11 is 0. The van der Waals surface area contributed by atoms with Crippen molar-refractivity contribution in [2.24, 2.45) is 0 Å². The lowest BCUT2D eigenvalue weighted by Crippen LogP contribution is -2.21. The average Bonchev–Trinajstić information content (AvgIpc) is 2.90. The lowest BCUT2D eigenvalue weighted by molar-refractivity contribution is -0.116. The molecule has 0 saturated carbocycles. The van der Waals surface area contributed by atoms with Crippen molar-refractivity contribution in [3.8, 4) is 0 Å². The number of halogens is 1. The molecule has 0 unspecified atom stereocenters. The minimum Gasteiger partial charge on any atom is -0.370 e. The van der Waals surface area contributed by atoms with E-state index in [0.29, 0.717) is 12.1 Å². The largest absolute Gasteiger partial charge is 0.370 e. The van der Waals surface area contributed by atoms with Crippen LogP contribution in [0, 0.1) is 5.82 Å². The van der Waals surface area contributed by atoms with Crippen LogP contribution >= 0.6 is 0 Å². The van der Waals surface area contributed by atoms with Gasteiger partial charge in [-0.15, -0.1) is 0 Å². The number of unbranched alkanes of at least 4 members (excludes halogenated alkanes) is 1. The average molecular weight is 264 g/mol. The monoisotopic (exact) mass is 264 g/mol. The van der Waals surface area contributed by atoms with Gasteiger partial charge in [-0.05, 0) is 37.5 Å². The van der Waals surface area contributed by atoms with Crippen LogP contribution in [0.4, 0.5) is 15.8 Å². The fourth-order valence-electron chi connectivity index (χ4n) is 2.39. The molecule has 1 aliphatic rings. The van der Waals surface area contributed by atoms with Crippen molar-refractivity contribution < 1.29 is 9.18 Å². The molecule has 1 aromatic rings. The number of hydrogen-bond donors (Lipinski definition) is 1. The molecule has 0 spiro atoms. The van der Waals surface area contributed by atoms with E-state index in [2.05, 4.69) is 10.2 Å². The number of amides is 1. The Morgan fingerprint density at radius 1 is 1.37 bits per heavy atom. The smallest absolute Gasteiger partial charge is 0.224 e. The second-order valence-corrected chi connectivity index (χ2v) is 5.01. The molecule has 0 bridgehead atoms. The zero-order chi connectivity index (χ0) is 13.7. The number of carbonyl (C=O) groups is 1. The van der Waals surface area contributed by atoms with Gasteiger partial charge in [0.05, 0.1) is 11.4 Å². The van der Waals surface area contributed by atoms with Crippen molar-refractivity contribution in [2.45, 2.75) is 39.0 Å². The standard InChI is InChI=1S/C15H21FN2O/c1-2-3-6-15(19)17-13-11-12(16)7-8-14(13)18-9-4-5-10-18/h7-8,11H,2-6,9-10H2,1H3,(H,17,19). The second-order valence-electron chi connectivity index (χ2n) is 5.01. The van der Waals surface area contributed by atoms with E-state index in [-0.39, 0.29) is 11.7 Å². The van der Waals surface area contributed by atoms with Crippen LogP contribution in [-0.4, -0.2) is 19.0 Å². The third-order valence-electron chi connectivity index (χ3n) is 3.44. The van der Waals surface area contributed by atoms with Crippen molar-refractivity contribution in [1.29, 1.82) is 0 Å². The maximum atomic E-state index is 13.4. The highest BCUT2D eigenvalue weighted by Crippen LogP contribution is 2.29. The molecule has 2 rings (SSSR count). The lowest BCUT2D eigenvalue weighted by Gasteiger charge is -2.21. The first-order valence-electron chi connectivity index (χ1n) is 7.05. The summed E-state index contributed by atoms with van der Waals surface area (Å²) in [6, 6.07) is 4.63. The first-order chi connectivity index (χ1) is 9.20. The summed E-state index contributed by atoms with van der Waals surface area (Å²) in [5.41, 5.74) is 1.53. The van der Waals surface area contributed by atoms with Gasteiger partial charge < -0.3 is 10.2 Å². The summed E-state index contributed by atoms with van der Waals surface area (Å²) in [5.74, 6) is -0.346. The number of benzene rings is 1. The van der Waals surface area contributed by atoms with E-state index >= 15 is 0 Å². The van der Waals surface area contributed by atoms with E-state index in [0.717, 1.165) is 44.5 Å². The van der Waals surface area contributed by atoms with Crippen LogP contribution in [-0.2, 0) is 4.79 Å². The first kappa shape index (κ1) is 13.8. The minimum atomic E-state index is -0.311. The number of nitrogens with zero attached hydrogens (tertiary/aromatic N) is 1. The van der Waals surface area contributed by atoms with Crippen LogP contribution in [0.2, 0.25) is 0 Å². The molecule has 104 valence electrons. The van der Waals surface area contributed by atoms with Gasteiger partial charge in [0.25, 0.3) is 0 Å². The van der Waals surface area contributed by atoms with E-state index in [9.17, 15) is 9.18 Å². The Hall–Kier alpha value is -1.58. The van der Waals surface area contributed by atoms with Gasteiger partial charge in [0.1, 0.15) is 5.82 Å². The summed E-state index contributed by atoms with van der Waals surface area (Å²) in [7, 11) is 0. The van der Waals surface area contributed by atoms with Gasteiger partial charge in [0.15, 0.2) is 0 Å². The first-order valence-corrected chi connectivity index (χ1v) is 7.05. The number of nitrogens with one attached hydrogen (secondary N) is 1. The molecule has 4 heteroatoms. The van der Waals surface area contributed by atoms with Crippen molar-refractivity contribution in [2.75, 3.05) is 23.3 Å². The molecule has 1 N–H and O–H groups in total. The normalized spacial score (nSPS) is 14.7. The molecule has 1 fully saturated rings. The number of hydrogen-bond acceptors (Lipinski definition) is 2. The van der Waals surface area contributed by atoms with E-state index in [1.54, 1.807) is 6.07 Å². The van der Waals surface area contributed by atoms with E-state index in [1.165, 1.54) is 12.1 Å². The maximum absolute atomic E-state index is 13.4. The fraction of sp³-hybridized carbons (Fsp3) is 0.533. The van der Waals surface area contributed by atoms with Crippen molar-refractivity contribution >= 4 is 17.3 Å². The van der Waals surface area contributed by atoms with Crippen LogP contribution in [0.15, 0.2) is 18.2 Å². The van der Waals surface area contributed by atoms with Crippen molar-refractivity contribution in [1.82, 2.24) is 0 Å². The van der Waals surface area contributed by atoms with E-state index < -0.39 is 0 Å². The van der Waals surface area contributed by atoms with Crippen LogP contribution in [0.3, 0.4) is 0 Å². The lowest BCUT2D eigenvalue weighted by atomic mass is 10.2. The Balaban J connectivity index is 2.12. The Kier molecular flexibility index (Phi) is 4.77. The Morgan fingerprint density at radius 3 is 2.79 bits per heavy atom. The van der Waals surface area contributed by atoms with Crippen molar-refractivity contribution in [3.05, 3.63) is 24.0 Å². The molecule has 0 aliphatic carbocycles. The molecule has 3 nitrogen and oxygen atoms in total. The minimum absolute atomic E-state index is 0.0344. The molecular formula is C15H21FN2O. The molecule has 0 atom stereocenters. The predicted molar refractivity (Wildman–Crippen MR) is 76.0 cm³/mol. The quantitative estimate of drug-likeness (QED) is 0.882. The second kappa shape index (κ2) is 6.55. The van der Waals surface area contributed by atoms with Gasteiger partial charge in [0, 0.05) is 19.5 Å². The topological polar surface area (TPSA) is 32.3 Å². The highest BCUT2D eigenvalue weighted by Gasteiger charge is 2.17. The van der Waals surface area contributed by atoms with Gasteiger partial charge >= 0.3 is 0 Å². The van der Waals surface area contributed by atoms with Gasteiger partial charge in [-0.25, -0.2) is 4.39 Å². The Morgan fingerprint density at radius 2 is 2.11 bits per heavy atom. The Bertz CT molecular complexity index is 442. The summed E-state index contributed by atoms with van der Waals surface area (Å²) in [4.78, 5) is 14.0. The molecule has 1 amide bonds. The Labute approximate surface area is 113 Å². The molecule has 1 aliphatic heterocycles. The van der Waals surface area contributed by atoms with Crippen molar-refractivity contribution in [3.63, 3.8) is 0 Å². The van der Waals surface area contributed by atoms with Crippen LogP contribution in [0.25, 0.3) is 0 Å². The molecule has 0 radical (unpaired) electrons. The molecule has 0 aromatic heterocycles. The van der Waals surface area contributed by atoms with E-state index in [4.69, 9.17) is 0 Å². The molecule has 19 heavy (non-hydrogen) atoms. The molecule has 1 saturated heterocycles. The summed E-state index contributed by atoms with van der Waals surface area (Å²) < 4.78 is 13.4. The number of carbonyl (C=O) groups excluding carboxylic acids is 1. The van der Waals surface area contributed by atoms with Gasteiger partial charge in [-0.1, -0.05) is 13.3 Å². The molecule has 1 aromatic carbocycles. The summed E-state index contributed by atoms with van der Waals surface area (Å²) in [5, 5.41) is 2.84. The highest BCUT2D eigenvalue weighted by atomic mass is 19.1. The van der Waals surface area contributed by atoms with Crippen LogP contribution < -0.4 is 10.2 Å². The van der Waals surface area contributed by atoms with E-state index in [1.807, 2.05) is 6.92 Å². The van der Waals surface area contributed by atoms with Crippen LogP contribution in [0.1, 0.15) is 39.0 Å². The zero-order valence-electron chi connectivity index (χ0n) is 11.4. The summed E-state index contributed by atoms with van der Waals surface area (Å²) in [6.45, 7) is 4.00. The molecular weight excluding hydrogens is 243 g/mol. The van der Waals surface area contributed by atoms with Gasteiger partial charge in [-0.3, -0.25) is 4.79 Å². The van der Waals surface area contributed by atoms with Gasteiger partial charge in [-0.2, -0.15) is 0 Å². The predicted octanol–water partition coefficient (Wildman–Crippen LogP) is 3.55. The zero-order valence-corrected chi connectivity index (χ0v) is 11.4. The third kappa shape index (κ3) is 3.69. The SMILES string of the molecule is CCCCC(=O)Nc1cc(F)ccc1N1CCCC1. The number of rotatable bonds is 5.